The van der Waals surface area contributed by atoms with Crippen LogP contribution in [0.15, 0.2) is 0 Å². The summed E-state index contributed by atoms with van der Waals surface area (Å²) in [6, 6.07) is 0.719. The maximum Gasteiger partial charge on any atom is 0.500 e. The normalized spacial score (nSPS) is 13.0. The molecule has 0 spiro atoms. The minimum Gasteiger partial charge on any atom is -0.471 e. The van der Waals surface area contributed by atoms with E-state index in [-0.39, 0.29) is 5.75 Å². The van der Waals surface area contributed by atoms with Crippen molar-refractivity contribution in [3.8, 4) is 0 Å². The summed E-state index contributed by atoms with van der Waals surface area (Å²) in [6.07, 6.45) is 1.30. The van der Waals surface area contributed by atoms with Crippen LogP contribution < -0.4 is 0 Å². The van der Waals surface area contributed by atoms with Gasteiger partial charge in [0.1, 0.15) is 21.0 Å². The monoisotopic (exact) mass is 408 g/mol. The molecule has 0 saturated heterocycles. The predicted octanol–water partition coefficient (Wildman–Crippen LogP) is -1.83. The third-order valence-electron chi connectivity index (χ3n) is 3.35. The molecule has 142 valence electrons. The number of nitrogens with zero attached hydrogens (tertiary/aromatic N) is 1. The summed E-state index contributed by atoms with van der Waals surface area (Å²) in [4.78, 5) is 0. The average Bonchev–Trinajstić information content (AvgIpc) is 2.43. The molecule has 0 rings (SSSR count). The zero-order valence-corrected chi connectivity index (χ0v) is 21.3. The molecule has 0 aliphatic heterocycles. The molecule has 1 N–H and O–H groups in total. The van der Waals surface area contributed by atoms with E-state index in [1.807, 2.05) is 14.1 Å². The molecule has 0 saturated carbocycles. The van der Waals surface area contributed by atoms with Crippen LogP contribution in [0.4, 0.5) is 0 Å². The van der Waals surface area contributed by atoms with E-state index in [9.17, 15) is 8.42 Å². The number of quaternary nitrogens is 1. The molecule has 12 heteroatoms. The summed E-state index contributed by atoms with van der Waals surface area (Å²) in [6.45, 7) is 1.54. The summed E-state index contributed by atoms with van der Waals surface area (Å²) < 4.78 is 51.3. The highest BCUT2D eigenvalue weighted by atomic mass is 32.2. The first kappa shape index (κ1) is 25.6. The Kier molecular flexibility index (Phi) is 14.1. The van der Waals surface area contributed by atoms with Gasteiger partial charge in [-0.3, -0.25) is 4.55 Å². The molecule has 23 heavy (non-hydrogen) atoms. The first-order valence-corrected chi connectivity index (χ1v) is 12.5. The zero-order chi connectivity index (χ0) is 18.6. The smallest absolute Gasteiger partial charge is 0.471 e. The Morgan fingerprint density at radius 3 is 1.74 bits per heavy atom. The topological polar surface area (TPSA) is 91.3 Å². The Morgan fingerprint density at radius 1 is 1.00 bits per heavy atom. The lowest BCUT2D eigenvalue weighted by Gasteiger charge is -2.31. The van der Waals surface area contributed by atoms with Gasteiger partial charge in [0.05, 0.1) is 32.9 Å². The molecule has 0 aromatic rings. The summed E-state index contributed by atoms with van der Waals surface area (Å²) in [5.41, 5.74) is 0. The second kappa shape index (κ2) is 12.7. The van der Waals surface area contributed by atoms with Crippen LogP contribution in [0.3, 0.4) is 0 Å². The van der Waals surface area contributed by atoms with Crippen molar-refractivity contribution in [3.63, 3.8) is 0 Å². The van der Waals surface area contributed by atoms with Crippen LogP contribution in [0.2, 0.25) is 6.04 Å². The van der Waals surface area contributed by atoms with Crippen molar-refractivity contribution in [2.45, 2.75) is 18.9 Å². The molecule has 0 aliphatic rings. The van der Waals surface area contributed by atoms with E-state index in [1.54, 1.807) is 21.3 Å². The van der Waals surface area contributed by atoms with E-state index in [0.717, 1.165) is 40.0 Å². The molecular weight excluding hydrogens is 374 g/mol. The molecule has 0 atom stereocenters. The highest BCUT2D eigenvalue weighted by molar-refractivity contribution is 7.85. The van der Waals surface area contributed by atoms with Gasteiger partial charge in [0.2, 0.25) is 0 Å². The van der Waals surface area contributed by atoms with E-state index in [4.69, 9.17) is 17.8 Å². The molecule has 0 aromatic heterocycles. The minimum atomic E-state index is -3.87. The molecule has 0 heterocycles. The van der Waals surface area contributed by atoms with Crippen LogP contribution in [-0.2, 0) is 27.5 Å². The minimum absolute atomic E-state index is 0.193. The van der Waals surface area contributed by atoms with Crippen LogP contribution >= 0.6 is 0 Å². The molecule has 0 bridgehead atoms. The maximum absolute atomic E-state index is 10.7. The maximum atomic E-state index is 10.7. The van der Waals surface area contributed by atoms with Crippen molar-refractivity contribution in [3.05, 3.63) is 0 Å². The quantitative estimate of drug-likeness (QED) is 0.244. The fourth-order valence-corrected chi connectivity index (χ4v) is 4.26. The number of hydrogen-bond donors (Lipinski definition) is 1. The first-order chi connectivity index (χ1) is 10.5. The Labute approximate surface area is 148 Å². The van der Waals surface area contributed by atoms with Crippen LogP contribution in [0.25, 0.3) is 0 Å². The summed E-state index contributed by atoms with van der Waals surface area (Å²) in [5.74, 6) is -0.193. The molecule has 0 fully saturated rings. The lowest BCUT2D eigenvalue weighted by molar-refractivity contribution is -0.890. The van der Waals surface area contributed by atoms with Crippen LogP contribution in [0.1, 0.15) is 12.8 Å². The van der Waals surface area contributed by atoms with Gasteiger partial charge in [-0.15, -0.1) is 0 Å². The van der Waals surface area contributed by atoms with Gasteiger partial charge in [0, 0.05) is 40.2 Å². The summed E-state index contributed by atoms with van der Waals surface area (Å²) in [7, 11) is 4.29. The third kappa shape index (κ3) is 14.4. The van der Waals surface area contributed by atoms with Crippen molar-refractivity contribution in [1.82, 2.24) is 0 Å². The van der Waals surface area contributed by atoms with Crippen LogP contribution in [0.5, 0.6) is 0 Å². The number of rotatable bonds is 11. The zero-order valence-electron chi connectivity index (χ0n) is 15.5. The van der Waals surface area contributed by atoms with Crippen molar-refractivity contribution < 1.29 is 34.8 Å². The number of hydrogen-bond acceptors (Lipinski definition) is 6. The average molecular weight is 409 g/mol. The van der Waals surface area contributed by atoms with Gasteiger partial charge in [-0.05, 0) is 0 Å². The van der Waals surface area contributed by atoms with Gasteiger partial charge in [-0.1, -0.05) is 0 Å². The van der Waals surface area contributed by atoms with Gasteiger partial charge in [0.25, 0.3) is 10.1 Å². The Hall–Kier alpha value is 0.361. The fourth-order valence-electron chi connectivity index (χ4n) is 2.07. The summed E-state index contributed by atoms with van der Waals surface area (Å²) in [5, 5.41) is 0. The standard InChI is InChI=1S/C11H27NO6SSi.H6OSi2/c1-12(2,8-6-10-19(13,14)15)9-7-11-20(16-3,17-4)18-5;2-1-3/h6-11H2,1-5H3;2-3H3/p+1. The Morgan fingerprint density at radius 2 is 1.39 bits per heavy atom. The third-order valence-corrected chi connectivity index (χ3v) is 6.98. The Balaban J connectivity index is 0. The van der Waals surface area contributed by atoms with E-state index >= 15 is 0 Å². The second-order valence-corrected chi connectivity index (χ2v) is 13.8. The van der Waals surface area contributed by atoms with Crippen molar-refractivity contribution in [2.75, 3.05) is 54.3 Å². The highest BCUT2D eigenvalue weighted by Crippen LogP contribution is 2.16. The molecule has 8 nitrogen and oxygen atoms in total. The van der Waals surface area contributed by atoms with Gasteiger partial charge in [-0.25, -0.2) is 0 Å². The van der Waals surface area contributed by atoms with Gasteiger partial charge in [-0.2, -0.15) is 8.42 Å². The lowest BCUT2D eigenvalue weighted by Crippen LogP contribution is -2.46. The molecule has 0 aliphatic carbocycles. The molecule has 0 amide bonds. The van der Waals surface area contributed by atoms with E-state index in [1.165, 1.54) is 0 Å². The van der Waals surface area contributed by atoms with E-state index < -0.39 is 18.9 Å². The van der Waals surface area contributed by atoms with E-state index in [0.29, 0.717) is 17.4 Å². The summed E-state index contributed by atoms with van der Waals surface area (Å²) >= 11 is 0. The SMILES string of the molecule is CO[Si](CCC[N+](C)(C)CCCS(=O)(=O)O)(OC)OC.[SiH3]O[SiH3]. The highest BCUT2D eigenvalue weighted by Gasteiger charge is 2.37. The fraction of sp³-hybridized carbons (Fsp3) is 1.00. The van der Waals surface area contributed by atoms with Gasteiger partial charge >= 0.3 is 8.80 Å². The first-order valence-electron chi connectivity index (χ1n) is 7.34. The van der Waals surface area contributed by atoms with Crippen molar-refractivity contribution in [2.24, 2.45) is 0 Å². The van der Waals surface area contributed by atoms with Gasteiger partial charge in [0.15, 0.2) is 0 Å². The predicted molar refractivity (Wildman–Crippen MR) is 100 cm³/mol. The van der Waals surface area contributed by atoms with Gasteiger partial charge < -0.3 is 21.9 Å². The molecular formula is C11H34NO7SSi3+. The lowest BCUT2D eigenvalue weighted by atomic mass is 10.3. The Bertz CT molecular complexity index is 383. The van der Waals surface area contributed by atoms with Crippen LogP contribution in [-0.4, -0.2) is 101 Å². The molecule has 0 unspecified atom stereocenters. The van der Waals surface area contributed by atoms with Crippen molar-refractivity contribution >= 4 is 39.9 Å². The largest absolute Gasteiger partial charge is 0.500 e. The van der Waals surface area contributed by atoms with E-state index in [2.05, 4.69) is 4.12 Å². The molecule has 0 radical (unpaired) electrons. The second-order valence-electron chi connectivity index (χ2n) is 5.83. The van der Waals surface area contributed by atoms with Crippen LogP contribution in [0, 0.1) is 0 Å². The molecule has 0 aromatic carbocycles. The van der Waals surface area contributed by atoms with Crippen molar-refractivity contribution in [1.29, 1.82) is 0 Å².